The van der Waals surface area contributed by atoms with E-state index in [2.05, 4.69) is 17.6 Å². The van der Waals surface area contributed by atoms with Crippen molar-refractivity contribution in [2.75, 3.05) is 24.4 Å². The third-order valence-corrected chi connectivity index (χ3v) is 3.13. The minimum Gasteiger partial charge on any atom is -0.495 e. The third kappa shape index (κ3) is 4.58. The summed E-state index contributed by atoms with van der Waals surface area (Å²) in [4.78, 5) is 0. The first kappa shape index (κ1) is 13.7. The zero-order chi connectivity index (χ0) is 12.5. The molecule has 0 amide bonds. The molecule has 1 aromatic rings. The number of benzene rings is 1. The summed E-state index contributed by atoms with van der Waals surface area (Å²) < 4.78 is 5.24. The molecule has 0 heterocycles. The Morgan fingerprint density at radius 1 is 1.47 bits per heavy atom. The number of nitriles is 1. The number of rotatable bonds is 7. The van der Waals surface area contributed by atoms with E-state index < -0.39 is 0 Å². The summed E-state index contributed by atoms with van der Waals surface area (Å²) in [5.41, 5.74) is 0.880. The first-order chi connectivity index (χ1) is 8.31. The van der Waals surface area contributed by atoms with Gasteiger partial charge in [0.2, 0.25) is 0 Å². The molecular weight excluding hydrogens is 232 g/mol. The van der Waals surface area contributed by atoms with Gasteiger partial charge in [0, 0.05) is 0 Å². The molecule has 17 heavy (non-hydrogen) atoms. The van der Waals surface area contributed by atoms with Gasteiger partial charge in [0.05, 0.1) is 18.9 Å². The zero-order valence-corrected chi connectivity index (χ0v) is 11.1. The van der Waals surface area contributed by atoms with Gasteiger partial charge in [-0.3, -0.25) is 0 Å². The van der Waals surface area contributed by atoms with E-state index in [0.717, 1.165) is 30.0 Å². The number of nitrogens with zero attached hydrogens (tertiary/aromatic N) is 1. The monoisotopic (exact) mass is 250 g/mol. The largest absolute Gasteiger partial charge is 0.495 e. The Hall–Kier alpha value is -1.34. The van der Waals surface area contributed by atoms with Crippen molar-refractivity contribution in [3.05, 3.63) is 24.3 Å². The summed E-state index contributed by atoms with van der Waals surface area (Å²) >= 11 is 1.81. The van der Waals surface area contributed by atoms with Gasteiger partial charge in [-0.05, 0) is 37.0 Å². The Morgan fingerprint density at radius 2 is 2.24 bits per heavy atom. The summed E-state index contributed by atoms with van der Waals surface area (Å²) in [6.07, 6.45) is 3.98. The van der Waals surface area contributed by atoms with Gasteiger partial charge in [0.25, 0.3) is 0 Å². The van der Waals surface area contributed by atoms with Crippen molar-refractivity contribution in [2.24, 2.45) is 0 Å². The SMILES string of the molecule is COc1ccccc1NC(C#N)CCCSC. The molecule has 0 aliphatic carbocycles. The van der Waals surface area contributed by atoms with Crippen molar-refractivity contribution in [1.29, 1.82) is 5.26 Å². The van der Waals surface area contributed by atoms with Crippen molar-refractivity contribution in [3.63, 3.8) is 0 Å². The van der Waals surface area contributed by atoms with Gasteiger partial charge in [-0.2, -0.15) is 17.0 Å². The molecule has 1 N–H and O–H groups in total. The van der Waals surface area contributed by atoms with Crippen LogP contribution in [0, 0.1) is 11.3 Å². The lowest BCUT2D eigenvalue weighted by Crippen LogP contribution is -2.17. The van der Waals surface area contributed by atoms with Crippen LogP contribution in [0.15, 0.2) is 24.3 Å². The van der Waals surface area contributed by atoms with Gasteiger partial charge in [0.15, 0.2) is 0 Å². The van der Waals surface area contributed by atoms with Crippen LogP contribution in [0.3, 0.4) is 0 Å². The maximum atomic E-state index is 9.09. The van der Waals surface area contributed by atoms with E-state index in [0.29, 0.717) is 0 Å². The summed E-state index contributed by atoms with van der Waals surface area (Å²) in [5, 5.41) is 12.3. The number of thioether (sulfide) groups is 1. The highest BCUT2D eigenvalue weighted by molar-refractivity contribution is 7.98. The quantitative estimate of drug-likeness (QED) is 0.755. The zero-order valence-electron chi connectivity index (χ0n) is 10.3. The maximum Gasteiger partial charge on any atom is 0.141 e. The number of hydrogen-bond donors (Lipinski definition) is 1. The van der Waals surface area contributed by atoms with Crippen LogP contribution in [0.25, 0.3) is 0 Å². The average Bonchev–Trinajstić information content (AvgIpc) is 2.38. The second-order valence-electron chi connectivity index (χ2n) is 3.66. The van der Waals surface area contributed by atoms with E-state index in [1.807, 2.05) is 24.3 Å². The predicted octanol–water partition coefficient (Wildman–Crippen LogP) is 3.14. The highest BCUT2D eigenvalue weighted by Gasteiger charge is 2.09. The molecule has 3 nitrogen and oxygen atoms in total. The molecule has 0 aliphatic heterocycles. The lowest BCUT2D eigenvalue weighted by atomic mass is 10.1. The van der Waals surface area contributed by atoms with E-state index in [1.165, 1.54) is 0 Å². The highest BCUT2D eigenvalue weighted by Crippen LogP contribution is 2.24. The number of para-hydroxylation sites is 2. The summed E-state index contributed by atoms with van der Waals surface area (Å²) in [7, 11) is 1.63. The van der Waals surface area contributed by atoms with E-state index >= 15 is 0 Å². The average molecular weight is 250 g/mol. The van der Waals surface area contributed by atoms with E-state index in [4.69, 9.17) is 10.00 Å². The lowest BCUT2D eigenvalue weighted by molar-refractivity contribution is 0.416. The molecular formula is C13H18N2OS. The molecule has 0 aromatic heterocycles. The van der Waals surface area contributed by atoms with E-state index in [9.17, 15) is 0 Å². The molecule has 4 heteroatoms. The van der Waals surface area contributed by atoms with Crippen molar-refractivity contribution in [2.45, 2.75) is 18.9 Å². The lowest BCUT2D eigenvalue weighted by Gasteiger charge is -2.15. The Kier molecular flexibility index (Phi) is 6.34. The number of ether oxygens (including phenoxy) is 1. The normalized spacial score (nSPS) is 11.6. The Bertz CT molecular complexity index is 376. The Morgan fingerprint density at radius 3 is 2.88 bits per heavy atom. The van der Waals surface area contributed by atoms with Crippen LogP contribution in [0.2, 0.25) is 0 Å². The first-order valence-corrected chi connectivity index (χ1v) is 6.99. The smallest absolute Gasteiger partial charge is 0.141 e. The highest BCUT2D eigenvalue weighted by atomic mass is 32.2. The van der Waals surface area contributed by atoms with Gasteiger partial charge in [0.1, 0.15) is 11.8 Å². The van der Waals surface area contributed by atoms with E-state index in [1.54, 1.807) is 18.9 Å². The standard InChI is InChI=1S/C13H18N2OS/c1-16-13-8-4-3-7-12(13)15-11(10-14)6-5-9-17-2/h3-4,7-8,11,15H,5-6,9H2,1-2H3. The Labute approximate surface area is 107 Å². The van der Waals surface area contributed by atoms with E-state index in [-0.39, 0.29) is 6.04 Å². The topological polar surface area (TPSA) is 45.0 Å². The van der Waals surface area contributed by atoms with Crippen molar-refractivity contribution >= 4 is 17.4 Å². The van der Waals surface area contributed by atoms with Gasteiger partial charge in [-0.1, -0.05) is 12.1 Å². The fraction of sp³-hybridized carbons (Fsp3) is 0.462. The number of hydrogen-bond acceptors (Lipinski definition) is 4. The molecule has 1 unspecified atom stereocenters. The minimum atomic E-state index is -0.154. The van der Waals surface area contributed by atoms with Gasteiger partial charge in [-0.25, -0.2) is 0 Å². The van der Waals surface area contributed by atoms with Crippen LogP contribution in [0.5, 0.6) is 5.75 Å². The summed E-state index contributed by atoms with van der Waals surface area (Å²) in [6.45, 7) is 0. The van der Waals surface area contributed by atoms with Crippen molar-refractivity contribution in [3.8, 4) is 11.8 Å². The summed E-state index contributed by atoms with van der Waals surface area (Å²) in [5.74, 6) is 1.86. The van der Waals surface area contributed by atoms with Crippen LogP contribution in [0.4, 0.5) is 5.69 Å². The second kappa shape index (κ2) is 7.86. The van der Waals surface area contributed by atoms with Gasteiger partial charge < -0.3 is 10.1 Å². The molecule has 1 rings (SSSR count). The molecule has 92 valence electrons. The Balaban J connectivity index is 2.58. The molecule has 1 atom stereocenters. The maximum absolute atomic E-state index is 9.09. The summed E-state index contributed by atoms with van der Waals surface area (Å²) in [6, 6.07) is 9.79. The van der Waals surface area contributed by atoms with Crippen LogP contribution in [-0.4, -0.2) is 25.2 Å². The molecule has 0 saturated carbocycles. The third-order valence-electron chi connectivity index (χ3n) is 2.43. The molecule has 0 radical (unpaired) electrons. The molecule has 0 bridgehead atoms. The first-order valence-electron chi connectivity index (χ1n) is 5.60. The minimum absolute atomic E-state index is 0.154. The predicted molar refractivity (Wildman–Crippen MR) is 73.6 cm³/mol. The number of methoxy groups -OCH3 is 1. The van der Waals surface area contributed by atoms with Crippen LogP contribution < -0.4 is 10.1 Å². The van der Waals surface area contributed by atoms with Gasteiger partial charge in [-0.15, -0.1) is 0 Å². The molecule has 0 fully saturated rings. The van der Waals surface area contributed by atoms with Crippen LogP contribution in [-0.2, 0) is 0 Å². The van der Waals surface area contributed by atoms with Crippen LogP contribution >= 0.6 is 11.8 Å². The number of anilines is 1. The van der Waals surface area contributed by atoms with Crippen molar-refractivity contribution < 1.29 is 4.74 Å². The van der Waals surface area contributed by atoms with Crippen LogP contribution in [0.1, 0.15) is 12.8 Å². The molecule has 0 aliphatic rings. The fourth-order valence-electron chi connectivity index (χ4n) is 1.55. The fourth-order valence-corrected chi connectivity index (χ4v) is 2.01. The van der Waals surface area contributed by atoms with Gasteiger partial charge >= 0.3 is 0 Å². The van der Waals surface area contributed by atoms with Crippen molar-refractivity contribution in [1.82, 2.24) is 0 Å². The second-order valence-corrected chi connectivity index (χ2v) is 4.65. The molecule has 0 saturated heterocycles. The number of nitrogens with one attached hydrogen (secondary N) is 1. The molecule has 0 spiro atoms. The molecule has 1 aromatic carbocycles.